The summed E-state index contributed by atoms with van der Waals surface area (Å²) in [5, 5.41) is 4.53. The van der Waals surface area contributed by atoms with Crippen LogP contribution in [0.2, 0.25) is 0 Å². The maximum atomic E-state index is 5.37. The molecule has 0 bridgehead atoms. The summed E-state index contributed by atoms with van der Waals surface area (Å²) >= 11 is 1.72. The van der Waals surface area contributed by atoms with E-state index < -0.39 is 0 Å². The lowest BCUT2D eigenvalue weighted by Gasteiger charge is -2.13. The van der Waals surface area contributed by atoms with Crippen molar-refractivity contribution in [3.63, 3.8) is 0 Å². The number of nitrogens with zero attached hydrogens (tertiary/aromatic N) is 4. The minimum Gasteiger partial charge on any atom is -0.298 e. The number of allylic oxidation sites excluding steroid dienone is 4. The molecule has 0 amide bonds. The summed E-state index contributed by atoms with van der Waals surface area (Å²) in [7, 11) is 0. The molecule has 4 aromatic heterocycles. The predicted molar refractivity (Wildman–Crippen MR) is 147 cm³/mol. The average Bonchev–Trinajstić information content (AvgIpc) is 3.57. The number of benzene rings is 3. The van der Waals surface area contributed by atoms with E-state index in [0.717, 1.165) is 51.1 Å². The number of hydrogen-bond acceptors (Lipinski definition) is 3. The molecule has 4 heterocycles. The standard InChI is InChI=1S/C30H20N4S/c1-2-10-19(11-3-1)33-24-15-7-4-12-20(24)22-18-26-28(32-29(22)33)21-13-5-8-16-25(21)34(26)30-31-23-14-6-9-17-27(23)35-30/h1-2,4-10,12-18H,3,11H2. The van der Waals surface area contributed by atoms with Gasteiger partial charge in [-0.25, -0.2) is 9.97 Å². The molecule has 0 radical (unpaired) electrons. The molecular weight excluding hydrogens is 448 g/mol. The molecule has 0 unspecified atom stereocenters. The van der Waals surface area contributed by atoms with E-state index in [1.165, 1.54) is 26.7 Å². The summed E-state index contributed by atoms with van der Waals surface area (Å²) in [4.78, 5) is 10.4. The molecule has 8 rings (SSSR count). The van der Waals surface area contributed by atoms with Crippen LogP contribution < -0.4 is 0 Å². The SMILES string of the molecule is C1=CCCC(n2c3ccccc3c3cc4c(nc32)c2ccccc2n4-c2nc3ccccc3s2)=C1. The molecular formula is C30H20N4S. The Hall–Kier alpha value is -4.22. The lowest BCUT2D eigenvalue weighted by molar-refractivity contribution is 0.973. The number of hydrogen-bond donors (Lipinski definition) is 0. The van der Waals surface area contributed by atoms with Crippen molar-refractivity contribution in [2.75, 3.05) is 0 Å². The zero-order valence-electron chi connectivity index (χ0n) is 18.8. The third-order valence-corrected chi connectivity index (χ3v) is 8.04. The summed E-state index contributed by atoms with van der Waals surface area (Å²) in [6, 6.07) is 27.9. The average molecular weight is 469 g/mol. The Balaban J connectivity index is 1.54. The van der Waals surface area contributed by atoms with Crippen molar-refractivity contribution in [2.45, 2.75) is 12.8 Å². The van der Waals surface area contributed by atoms with Crippen LogP contribution in [-0.2, 0) is 0 Å². The largest absolute Gasteiger partial charge is 0.298 e. The van der Waals surface area contributed by atoms with Gasteiger partial charge < -0.3 is 0 Å². The van der Waals surface area contributed by atoms with Crippen molar-refractivity contribution in [3.8, 4) is 5.13 Å². The van der Waals surface area contributed by atoms with E-state index in [9.17, 15) is 0 Å². The minimum absolute atomic E-state index is 0.974. The first-order valence-electron chi connectivity index (χ1n) is 11.9. The molecule has 3 aromatic carbocycles. The molecule has 5 heteroatoms. The zero-order chi connectivity index (χ0) is 22.9. The second-order valence-electron chi connectivity index (χ2n) is 9.02. The quantitative estimate of drug-likeness (QED) is 0.257. The normalized spacial score (nSPS) is 14.1. The summed E-state index contributed by atoms with van der Waals surface area (Å²) in [5.41, 5.74) is 7.80. The Kier molecular flexibility index (Phi) is 3.90. The van der Waals surface area contributed by atoms with Crippen LogP contribution in [0.25, 0.3) is 64.9 Å². The predicted octanol–water partition coefficient (Wildman–Crippen LogP) is 8.09. The Labute approximate surface area is 205 Å². The number of para-hydroxylation sites is 3. The van der Waals surface area contributed by atoms with E-state index in [1.54, 1.807) is 11.3 Å². The first-order chi connectivity index (χ1) is 17.4. The molecule has 0 aliphatic heterocycles. The van der Waals surface area contributed by atoms with Crippen LogP contribution in [0.1, 0.15) is 12.8 Å². The molecule has 4 nitrogen and oxygen atoms in total. The fourth-order valence-corrected chi connectivity index (χ4v) is 6.46. The molecule has 0 N–H and O–H groups in total. The van der Waals surface area contributed by atoms with Gasteiger partial charge in [0, 0.05) is 21.9 Å². The number of pyridine rings is 1. The second-order valence-corrected chi connectivity index (χ2v) is 10.0. The van der Waals surface area contributed by atoms with Crippen molar-refractivity contribution in [3.05, 3.63) is 97.1 Å². The first-order valence-corrected chi connectivity index (χ1v) is 12.7. The molecule has 0 saturated heterocycles. The molecule has 0 saturated carbocycles. The van der Waals surface area contributed by atoms with Crippen molar-refractivity contribution in [2.24, 2.45) is 0 Å². The summed E-state index contributed by atoms with van der Waals surface area (Å²) in [5.74, 6) is 0. The van der Waals surface area contributed by atoms with Gasteiger partial charge in [0.1, 0.15) is 5.65 Å². The van der Waals surface area contributed by atoms with Gasteiger partial charge in [-0.2, -0.15) is 0 Å². The van der Waals surface area contributed by atoms with Gasteiger partial charge in [0.05, 0.1) is 32.3 Å². The Morgan fingerprint density at radius 1 is 0.714 bits per heavy atom. The monoisotopic (exact) mass is 468 g/mol. The van der Waals surface area contributed by atoms with Gasteiger partial charge in [-0.05, 0) is 49.2 Å². The zero-order valence-corrected chi connectivity index (χ0v) is 19.7. The number of thiazole rings is 1. The summed E-state index contributed by atoms with van der Waals surface area (Å²) in [6.07, 6.45) is 8.69. The summed E-state index contributed by atoms with van der Waals surface area (Å²) in [6.45, 7) is 0. The van der Waals surface area contributed by atoms with E-state index in [0.29, 0.717) is 0 Å². The Bertz CT molecular complexity index is 1980. The second kappa shape index (κ2) is 7.14. The molecule has 0 spiro atoms. The van der Waals surface area contributed by atoms with Crippen LogP contribution >= 0.6 is 11.3 Å². The molecule has 0 fully saturated rings. The highest BCUT2D eigenvalue weighted by Crippen LogP contribution is 2.39. The van der Waals surface area contributed by atoms with E-state index >= 15 is 0 Å². The van der Waals surface area contributed by atoms with Crippen molar-refractivity contribution < 1.29 is 0 Å². The summed E-state index contributed by atoms with van der Waals surface area (Å²) < 4.78 is 5.84. The molecule has 1 aliphatic rings. The number of fused-ring (bicyclic) bond motifs is 7. The van der Waals surface area contributed by atoms with E-state index in [2.05, 4.69) is 100 Å². The van der Waals surface area contributed by atoms with Gasteiger partial charge in [0.15, 0.2) is 5.13 Å². The minimum atomic E-state index is 0.974. The Morgan fingerprint density at radius 2 is 1.49 bits per heavy atom. The third-order valence-electron chi connectivity index (χ3n) is 7.02. The van der Waals surface area contributed by atoms with Gasteiger partial charge in [0.2, 0.25) is 0 Å². The van der Waals surface area contributed by atoms with Crippen molar-refractivity contribution >= 4 is 71.1 Å². The smallest absolute Gasteiger partial charge is 0.195 e. The topological polar surface area (TPSA) is 35.6 Å². The fourth-order valence-electron chi connectivity index (χ4n) is 5.47. The van der Waals surface area contributed by atoms with E-state index in [-0.39, 0.29) is 0 Å². The molecule has 7 aromatic rings. The van der Waals surface area contributed by atoms with Gasteiger partial charge in [-0.3, -0.25) is 9.13 Å². The first kappa shape index (κ1) is 19.1. The van der Waals surface area contributed by atoms with Crippen LogP contribution in [0, 0.1) is 0 Å². The highest BCUT2D eigenvalue weighted by atomic mass is 32.1. The van der Waals surface area contributed by atoms with Gasteiger partial charge >= 0.3 is 0 Å². The molecule has 166 valence electrons. The number of rotatable bonds is 2. The molecule has 1 aliphatic carbocycles. The van der Waals surface area contributed by atoms with Crippen LogP contribution in [-0.4, -0.2) is 19.1 Å². The molecule has 35 heavy (non-hydrogen) atoms. The van der Waals surface area contributed by atoms with Crippen LogP contribution in [0.4, 0.5) is 0 Å². The fraction of sp³-hybridized carbons (Fsp3) is 0.0667. The maximum absolute atomic E-state index is 5.37. The van der Waals surface area contributed by atoms with E-state index in [1.807, 2.05) is 6.07 Å². The Morgan fingerprint density at radius 3 is 2.31 bits per heavy atom. The maximum Gasteiger partial charge on any atom is 0.195 e. The third kappa shape index (κ3) is 2.67. The van der Waals surface area contributed by atoms with E-state index in [4.69, 9.17) is 9.97 Å². The van der Waals surface area contributed by atoms with Gasteiger partial charge in [-0.1, -0.05) is 72.0 Å². The lowest BCUT2D eigenvalue weighted by atomic mass is 10.1. The molecule has 0 atom stereocenters. The van der Waals surface area contributed by atoms with Crippen molar-refractivity contribution in [1.82, 2.24) is 19.1 Å². The highest BCUT2D eigenvalue weighted by Gasteiger charge is 2.21. The van der Waals surface area contributed by atoms with Crippen LogP contribution in [0.3, 0.4) is 0 Å². The van der Waals surface area contributed by atoms with Gasteiger partial charge in [-0.15, -0.1) is 0 Å². The van der Waals surface area contributed by atoms with Crippen LogP contribution in [0.5, 0.6) is 0 Å². The van der Waals surface area contributed by atoms with Gasteiger partial charge in [0.25, 0.3) is 0 Å². The highest BCUT2D eigenvalue weighted by molar-refractivity contribution is 7.20. The van der Waals surface area contributed by atoms with Crippen molar-refractivity contribution in [1.29, 1.82) is 0 Å². The van der Waals surface area contributed by atoms with Crippen LogP contribution in [0.15, 0.2) is 97.1 Å². The lowest BCUT2D eigenvalue weighted by Crippen LogP contribution is -2.00. The number of aromatic nitrogens is 4.